The highest BCUT2D eigenvalue weighted by Crippen LogP contribution is 2.41. The summed E-state index contributed by atoms with van der Waals surface area (Å²) < 4.78 is 43.6. The summed E-state index contributed by atoms with van der Waals surface area (Å²) in [5.41, 5.74) is 0.765. The number of carbonyl (C=O) groups is 1. The minimum atomic E-state index is -3.74. The maximum Gasteiger partial charge on any atom is 0.243 e. The minimum absolute atomic E-state index is 0.0793. The van der Waals surface area contributed by atoms with Crippen molar-refractivity contribution in [3.05, 3.63) is 54.1 Å². The molecule has 0 radical (unpaired) electrons. The summed E-state index contributed by atoms with van der Waals surface area (Å²) in [6.45, 7) is 0.975. The predicted octanol–water partition coefficient (Wildman–Crippen LogP) is 1.87. The lowest BCUT2D eigenvalue weighted by Crippen LogP contribution is -2.37. The average Bonchev–Trinajstić information content (AvgIpc) is 3.25. The zero-order chi connectivity index (χ0) is 22.4. The third-order valence-corrected chi connectivity index (χ3v) is 7.30. The van der Waals surface area contributed by atoms with Gasteiger partial charge in [0.05, 0.1) is 31.6 Å². The molecule has 0 bridgehead atoms. The molecular weight excluding hydrogens is 420 g/mol. The van der Waals surface area contributed by atoms with Crippen molar-refractivity contribution in [3.8, 4) is 11.5 Å². The Balaban J connectivity index is 1.96. The highest BCUT2D eigenvalue weighted by Gasteiger charge is 2.44. The van der Waals surface area contributed by atoms with E-state index in [1.54, 1.807) is 63.8 Å². The van der Waals surface area contributed by atoms with Crippen LogP contribution in [0, 0.1) is 5.92 Å². The number of sulfonamides is 1. The van der Waals surface area contributed by atoms with Gasteiger partial charge in [0.25, 0.3) is 0 Å². The fraction of sp³-hybridized carbons (Fsp3) is 0.409. The minimum Gasteiger partial charge on any atom is -0.497 e. The number of ether oxygens (including phenoxy) is 3. The molecule has 0 aromatic heterocycles. The van der Waals surface area contributed by atoms with Gasteiger partial charge in [0.15, 0.2) is 0 Å². The normalized spacial score (nSPS) is 19.2. The van der Waals surface area contributed by atoms with E-state index in [2.05, 4.69) is 5.32 Å². The Labute approximate surface area is 183 Å². The van der Waals surface area contributed by atoms with Gasteiger partial charge >= 0.3 is 0 Å². The Morgan fingerprint density at radius 1 is 1.06 bits per heavy atom. The predicted molar refractivity (Wildman–Crippen MR) is 116 cm³/mol. The Morgan fingerprint density at radius 3 is 2.45 bits per heavy atom. The van der Waals surface area contributed by atoms with Crippen LogP contribution in [0.4, 0.5) is 0 Å². The van der Waals surface area contributed by atoms with E-state index in [9.17, 15) is 13.2 Å². The monoisotopic (exact) mass is 448 g/mol. The molecule has 2 atom stereocenters. The van der Waals surface area contributed by atoms with E-state index in [1.807, 2.05) is 6.07 Å². The number of benzene rings is 2. The number of nitrogens with one attached hydrogen (secondary N) is 1. The summed E-state index contributed by atoms with van der Waals surface area (Å²) in [4.78, 5) is 13.2. The van der Waals surface area contributed by atoms with Gasteiger partial charge in [-0.25, -0.2) is 8.42 Å². The van der Waals surface area contributed by atoms with Gasteiger partial charge in [-0.15, -0.1) is 0 Å². The first-order valence-corrected chi connectivity index (χ1v) is 11.4. The Bertz CT molecular complexity index is 996. The van der Waals surface area contributed by atoms with Crippen molar-refractivity contribution in [2.45, 2.75) is 10.8 Å². The molecule has 1 fully saturated rings. The van der Waals surface area contributed by atoms with Crippen LogP contribution in [-0.2, 0) is 19.6 Å². The SMILES string of the molecule is COCCNC(=O)[C@H]1CN(S(=O)(=O)c2ccccc2)C[C@@H]1c1ccc(OC)cc1OC. The van der Waals surface area contributed by atoms with Crippen LogP contribution in [0.3, 0.4) is 0 Å². The molecule has 1 N–H and O–H groups in total. The molecule has 168 valence electrons. The number of hydrogen-bond donors (Lipinski definition) is 1. The molecule has 1 aliphatic rings. The Morgan fingerprint density at radius 2 is 1.81 bits per heavy atom. The highest BCUT2D eigenvalue weighted by atomic mass is 32.2. The molecule has 0 spiro atoms. The van der Waals surface area contributed by atoms with Crippen molar-refractivity contribution in [3.63, 3.8) is 0 Å². The summed E-state index contributed by atoms with van der Waals surface area (Å²) in [5.74, 6) is 0.0108. The smallest absolute Gasteiger partial charge is 0.243 e. The van der Waals surface area contributed by atoms with E-state index in [1.165, 1.54) is 4.31 Å². The van der Waals surface area contributed by atoms with Crippen LogP contribution in [0.25, 0.3) is 0 Å². The first kappa shape index (κ1) is 23.1. The average molecular weight is 449 g/mol. The fourth-order valence-corrected chi connectivity index (χ4v) is 5.33. The van der Waals surface area contributed by atoms with Crippen molar-refractivity contribution in [2.75, 3.05) is 47.6 Å². The molecule has 1 saturated heterocycles. The van der Waals surface area contributed by atoms with Crippen LogP contribution in [0.15, 0.2) is 53.4 Å². The van der Waals surface area contributed by atoms with Gasteiger partial charge in [-0.2, -0.15) is 4.31 Å². The van der Waals surface area contributed by atoms with E-state index in [0.717, 1.165) is 5.56 Å². The van der Waals surface area contributed by atoms with Crippen LogP contribution in [-0.4, -0.2) is 66.2 Å². The van der Waals surface area contributed by atoms with Gasteiger partial charge in [-0.3, -0.25) is 4.79 Å². The fourth-order valence-electron chi connectivity index (χ4n) is 3.82. The number of carbonyl (C=O) groups excluding carboxylic acids is 1. The highest BCUT2D eigenvalue weighted by molar-refractivity contribution is 7.89. The van der Waals surface area contributed by atoms with Gasteiger partial charge in [-0.1, -0.05) is 24.3 Å². The first-order valence-electron chi connectivity index (χ1n) is 9.96. The second-order valence-corrected chi connectivity index (χ2v) is 9.18. The van der Waals surface area contributed by atoms with E-state index < -0.39 is 15.9 Å². The van der Waals surface area contributed by atoms with Crippen LogP contribution >= 0.6 is 0 Å². The van der Waals surface area contributed by atoms with Gasteiger partial charge in [0.1, 0.15) is 11.5 Å². The molecular formula is C22H28N2O6S. The molecule has 1 aliphatic heterocycles. The quantitative estimate of drug-likeness (QED) is 0.589. The Kier molecular flexibility index (Phi) is 7.53. The van der Waals surface area contributed by atoms with Crippen LogP contribution < -0.4 is 14.8 Å². The maximum atomic E-state index is 13.2. The van der Waals surface area contributed by atoms with E-state index in [-0.39, 0.29) is 29.8 Å². The van der Waals surface area contributed by atoms with E-state index in [4.69, 9.17) is 14.2 Å². The summed E-state index contributed by atoms with van der Waals surface area (Å²) in [7, 11) is 0.917. The number of methoxy groups -OCH3 is 3. The number of nitrogens with zero attached hydrogens (tertiary/aromatic N) is 1. The lowest BCUT2D eigenvalue weighted by atomic mass is 9.87. The van der Waals surface area contributed by atoms with Gasteiger partial charge < -0.3 is 19.5 Å². The van der Waals surface area contributed by atoms with Crippen LogP contribution in [0.1, 0.15) is 11.5 Å². The number of amides is 1. The molecule has 8 nitrogen and oxygen atoms in total. The van der Waals surface area contributed by atoms with Crippen LogP contribution in [0.5, 0.6) is 11.5 Å². The summed E-state index contributed by atoms with van der Waals surface area (Å²) in [5, 5.41) is 2.85. The lowest BCUT2D eigenvalue weighted by Gasteiger charge is -2.21. The molecule has 9 heteroatoms. The maximum absolute atomic E-state index is 13.2. The molecule has 1 heterocycles. The summed E-state index contributed by atoms with van der Waals surface area (Å²) in [6, 6.07) is 13.6. The van der Waals surface area contributed by atoms with Gasteiger partial charge in [-0.05, 0) is 23.8 Å². The third kappa shape index (κ3) is 5.00. The lowest BCUT2D eigenvalue weighted by molar-refractivity contribution is -0.125. The second kappa shape index (κ2) is 10.1. The molecule has 2 aromatic carbocycles. The first-order chi connectivity index (χ1) is 14.9. The van der Waals surface area contributed by atoms with Crippen molar-refractivity contribution >= 4 is 15.9 Å². The van der Waals surface area contributed by atoms with Crippen molar-refractivity contribution in [1.29, 1.82) is 0 Å². The molecule has 31 heavy (non-hydrogen) atoms. The second-order valence-electron chi connectivity index (χ2n) is 7.24. The molecule has 3 rings (SSSR count). The molecule has 0 saturated carbocycles. The standard InChI is InChI=1S/C22H28N2O6S/c1-28-12-11-23-22(25)20-15-24(31(26,27)17-7-5-4-6-8-17)14-19(20)18-10-9-16(29-2)13-21(18)30-3/h4-10,13,19-20H,11-12,14-15H2,1-3H3,(H,23,25)/t19-,20+/m1/s1. The van der Waals surface area contributed by atoms with Crippen molar-refractivity contribution < 1.29 is 27.4 Å². The zero-order valence-electron chi connectivity index (χ0n) is 17.9. The molecule has 2 aromatic rings. The molecule has 0 unspecified atom stereocenters. The van der Waals surface area contributed by atoms with Crippen LogP contribution in [0.2, 0.25) is 0 Å². The molecule has 0 aliphatic carbocycles. The van der Waals surface area contributed by atoms with E-state index in [0.29, 0.717) is 24.7 Å². The molecule has 1 amide bonds. The number of rotatable bonds is 9. The zero-order valence-corrected chi connectivity index (χ0v) is 18.7. The van der Waals surface area contributed by atoms with Gasteiger partial charge in [0, 0.05) is 38.7 Å². The van der Waals surface area contributed by atoms with E-state index >= 15 is 0 Å². The summed E-state index contributed by atoms with van der Waals surface area (Å²) >= 11 is 0. The van der Waals surface area contributed by atoms with Crippen molar-refractivity contribution in [1.82, 2.24) is 9.62 Å². The largest absolute Gasteiger partial charge is 0.497 e. The number of hydrogen-bond acceptors (Lipinski definition) is 6. The Hall–Kier alpha value is -2.62. The summed E-state index contributed by atoms with van der Waals surface area (Å²) in [6.07, 6.45) is 0. The van der Waals surface area contributed by atoms with Crippen molar-refractivity contribution in [2.24, 2.45) is 5.92 Å². The van der Waals surface area contributed by atoms with Gasteiger partial charge in [0.2, 0.25) is 15.9 Å². The topological polar surface area (TPSA) is 94.2 Å². The third-order valence-electron chi connectivity index (χ3n) is 5.45.